The third-order valence-corrected chi connectivity index (χ3v) is 1.05. The SMILES string of the molecule is CCOC/C=C(\C)C(=O)O. The van der Waals surface area contributed by atoms with Gasteiger partial charge in [-0.05, 0) is 19.9 Å². The van der Waals surface area contributed by atoms with Crippen LogP contribution in [0.2, 0.25) is 0 Å². The molecule has 10 heavy (non-hydrogen) atoms. The van der Waals surface area contributed by atoms with Crippen LogP contribution in [0.25, 0.3) is 0 Å². The third kappa shape index (κ3) is 4.09. The molecule has 3 heteroatoms. The van der Waals surface area contributed by atoms with Crippen LogP contribution >= 0.6 is 0 Å². The lowest BCUT2D eigenvalue weighted by Crippen LogP contribution is -1.98. The highest BCUT2D eigenvalue weighted by Gasteiger charge is 1.96. The number of hydrogen-bond acceptors (Lipinski definition) is 2. The van der Waals surface area contributed by atoms with Gasteiger partial charge in [-0.25, -0.2) is 4.79 Å². The van der Waals surface area contributed by atoms with Gasteiger partial charge in [0.2, 0.25) is 0 Å². The first-order valence-electron chi connectivity index (χ1n) is 3.16. The molecule has 0 bridgehead atoms. The lowest BCUT2D eigenvalue weighted by molar-refractivity contribution is -0.132. The highest BCUT2D eigenvalue weighted by atomic mass is 16.5. The maximum atomic E-state index is 10.2. The summed E-state index contributed by atoms with van der Waals surface area (Å²) in [5.74, 6) is -0.889. The number of ether oxygens (including phenoxy) is 1. The van der Waals surface area contributed by atoms with Crippen molar-refractivity contribution in [1.82, 2.24) is 0 Å². The third-order valence-electron chi connectivity index (χ3n) is 1.05. The first-order chi connectivity index (χ1) is 4.68. The second kappa shape index (κ2) is 4.99. The van der Waals surface area contributed by atoms with Crippen LogP contribution in [-0.4, -0.2) is 24.3 Å². The first kappa shape index (κ1) is 9.17. The number of carboxylic acid groups (broad SMARTS) is 1. The second-order valence-corrected chi connectivity index (χ2v) is 1.85. The molecule has 0 amide bonds. The van der Waals surface area contributed by atoms with Gasteiger partial charge in [-0.1, -0.05) is 0 Å². The smallest absolute Gasteiger partial charge is 0.331 e. The zero-order valence-electron chi connectivity index (χ0n) is 6.26. The van der Waals surface area contributed by atoms with Crippen molar-refractivity contribution in [2.75, 3.05) is 13.2 Å². The quantitative estimate of drug-likeness (QED) is 0.474. The maximum absolute atomic E-state index is 10.2. The van der Waals surface area contributed by atoms with E-state index in [1.54, 1.807) is 13.0 Å². The molecular weight excluding hydrogens is 132 g/mol. The number of hydrogen-bond donors (Lipinski definition) is 1. The summed E-state index contributed by atoms with van der Waals surface area (Å²) in [5.41, 5.74) is 0.327. The lowest BCUT2D eigenvalue weighted by Gasteiger charge is -1.94. The summed E-state index contributed by atoms with van der Waals surface area (Å²) >= 11 is 0. The molecule has 58 valence electrons. The van der Waals surface area contributed by atoms with E-state index in [1.807, 2.05) is 6.92 Å². The van der Waals surface area contributed by atoms with Crippen LogP contribution in [0.1, 0.15) is 13.8 Å². The molecule has 0 saturated heterocycles. The van der Waals surface area contributed by atoms with E-state index in [1.165, 1.54) is 0 Å². The molecule has 0 aromatic rings. The van der Waals surface area contributed by atoms with Gasteiger partial charge in [-0.15, -0.1) is 0 Å². The van der Waals surface area contributed by atoms with Crippen LogP contribution in [-0.2, 0) is 9.53 Å². The van der Waals surface area contributed by atoms with Crippen molar-refractivity contribution >= 4 is 5.97 Å². The highest BCUT2D eigenvalue weighted by molar-refractivity contribution is 5.85. The van der Waals surface area contributed by atoms with E-state index < -0.39 is 5.97 Å². The van der Waals surface area contributed by atoms with Crippen LogP contribution in [0.5, 0.6) is 0 Å². The van der Waals surface area contributed by atoms with Crippen LogP contribution < -0.4 is 0 Å². The zero-order valence-corrected chi connectivity index (χ0v) is 6.26. The molecule has 3 nitrogen and oxygen atoms in total. The van der Waals surface area contributed by atoms with Crippen molar-refractivity contribution in [3.8, 4) is 0 Å². The van der Waals surface area contributed by atoms with Crippen LogP contribution in [0.4, 0.5) is 0 Å². The summed E-state index contributed by atoms with van der Waals surface area (Å²) in [7, 11) is 0. The summed E-state index contributed by atoms with van der Waals surface area (Å²) in [6, 6.07) is 0. The van der Waals surface area contributed by atoms with Gasteiger partial charge < -0.3 is 9.84 Å². The summed E-state index contributed by atoms with van der Waals surface area (Å²) in [4.78, 5) is 10.2. The average Bonchev–Trinajstić information content (AvgIpc) is 1.88. The van der Waals surface area contributed by atoms with Crippen molar-refractivity contribution in [3.63, 3.8) is 0 Å². The second-order valence-electron chi connectivity index (χ2n) is 1.85. The largest absolute Gasteiger partial charge is 0.478 e. The normalized spacial score (nSPS) is 11.6. The van der Waals surface area contributed by atoms with Gasteiger partial charge in [-0.2, -0.15) is 0 Å². The fourth-order valence-electron chi connectivity index (χ4n) is 0.389. The highest BCUT2D eigenvalue weighted by Crippen LogP contribution is 1.91. The molecule has 0 rings (SSSR count). The first-order valence-corrected chi connectivity index (χ1v) is 3.16. The van der Waals surface area contributed by atoms with Gasteiger partial charge in [0.25, 0.3) is 0 Å². The molecule has 0 aromatic heterocycles. The summed E-state index contributed by atoms with van der Waals surface area (Å²) in [5, 5.41) is 8.36. The van der Waals surface area contributed by atoms with E-state index in [0.717, 1.165) is 0 Å². The van der Waals surface area contributed by atoms with Gasteiger partial charge in [0.15, 0.2) is 0 Å². The topological polar surface area (TPSA) is 46.5 Å². The molecule has 0 radical (unpaired) electrons. The molecular formula is C7H12O3. The minimum absolute atomic E-state index is 0.327. The predicted octanol–water partition coefficient (Wildman–Crippen LogP) is 1.05. The Morgan fingerprint density at radius 1 is 1.70 bits per heavy atom. The van der Waals surface area contributed by atoms with Crippen molar-refractivity contribution in [2.24, 2.45) is 0 Å². The molecule has 0 spiro atoms. The van der Waals surface area contributed by atoms with E-state index in [0.29, 0.717) is 18.8 Å². The van der Waals surface area contributed by atoms with E-state index in [9.17, 15) is 4.79 Å². The van der Waals surface area contributed by atoms with Crippen molar-refractivity contribution in [1.29, 1.82) is 0 Å². The van der Waals surface area contributed by atoms with Gasteiger partial charge >= 0.3 is 5.97 Å². The van der Waals surface area contributed by atoms with E-state index in [-0.39, 0.29) is 0 Å². The van der Waals surface area contributed by atoms with Crippen LogP contribution in [0.15, 0.2) is 11.6 Å². The Labute approximate surface area is 60.3 Å². The van der Waals surface area contributed by atoms with Crippen molar-refractivity contribution < 1.29 is 14.6 Å². The minimum Gasteiger partial charge on any atom is -0.478 e. The van der Waals surface area contributed by atoms with Crippen LogP contribution in [0.3, 0.4) is 0 Å². The molecule has 0 aliphatic carbocycles. The molecule has 0 heterocycles. The van der Waals surface area contributed by atoms with E-state index in [4.69, 9.17) is 9.84 Å². The fourth-order valence-corrected chi connectivity index (χ4v) is 0.389. The number of aliphatic carboxylic acids is 1. The minimum atomic E-state index is -0.889. The van der Waals surface area contributed by atoms with Gasteiger partial charge in [-0.3, -0.25) is 0 Å². The monoisotopic (exact) mass is 144 g/mol. The summed E-state index contributed by atoms with van der Waals surface area (Å²) in [6.45, 7) is 4.41. The van der Waals surface area contributed by atoms with Gasteiger partial charge in [0.1, 0.15) is 0 Å². The molecule has 0 aromatic carbocycles. The molecule has 0 saturated carbocycles. The average molecular weight is 144 g/mol. The Hall–Kier alpha value is -0.830. The predicted molar refractivity (Wildman–Crippen MR) is 37.9 cm³/mol. The van der Waals surface area contributed by atoms with E-state index in [2.05, 4.69) is 0 Å². The van der Waals surface area contributed by atoms with Gasteiger partial charge in [0, 0.05) is 12.2 Å². The zero-order chi connectivity index (χ0) is 7.98. The molecule has 0 unspecified atom stereocenters. The summed E-state index contributed by atoms with van der Waals surface area (Å²) in [6.07, 6.45) is 1.55. The number of carboxylic acids is 1. The molecule has 0 fully saturated rings. The molecule has 0 atom stereocenters. The number of carbonyl (C=O) groups is 1. The fraction of sp³-hybridized carbons (Fsp3) is 0.571. The molecule has 0 aliphatic heterocycles. The Balaban J connectivity index is 3.58. The maximum Gasteiger partial charge on any atom is 0.331 e. The Morgan fingerprint density at radius 3 is 2.70 bits per heavy atom. The molecule has 0 aliphatic rings. The lowest BCUT2D eigenvalue weighted by atomic mass is 10.3. The Kier molecular flexibility index (Phi) is 4.58. The Morgan fingerprint density at radius 2 is 2.30 bits per heavy atom. The summed E-state index contributed by atoms with van der Waals surface area (Å²) < 4.78 is 4.91. The number of rotatable bonds is 4. The Bertz CT molecular complexity index is 138. The van der Waals surface area contributed by atoms with Crippen molar-refractivity contribution in [2.45, 2.75) is 13.8 Å². The van der Waals surface area contributed by atoms with Gasteiger partial charge in [0.05, 0.1) is 6.61 Å². The standard InChI is InChI=1S/C7H12O3/c1-3-10-5-4-6(2)7(8)9/h4H,3,5H2,1-2H3,(H,8,9)/b6-4+. The van der Waals surface area contributed by atoms with Crippen molar-refractivity contribution in [3.05, 3.63) is 11.6 Å². The van der Waals surface area contributed by atoms with E-state index >= 15 is 0 Å². The van der Waals surface area contributed by atoms with Crippen LogP contribution in [0, 0.1) is 0 Å². The molecule has 1 N–H and O–H groups in total.